The Hall–Kier alpha value is -2.47. The van der Waals surface area contributed by atoms with E-state index in [1.807, 2.05) is 5.43 Å². The summed E-state index contributed by atoms with van der Waals surface area (Å²) >= 11 is 0. The summed E-state index contributed by atoms with van der Waals surface area (Å²) in [4.78, 5) is 11.1. The molecule has 0 saturated heterocycles. The maximum atomic E-state index is 13.4. The first-order chi connectivity index (χ1) is 10.1. The zero-order chi connectivity index (χ0) is 15.2. The van der Waals surface area contributed by atoms with Crippen molar-refractivity contribution in [2.24, 2.45) is 5.84 Å². The fourth-order valence-electron chi connectivity index (χ4n) is 1.75. The first-order valence-corrected chi connectivity index (χ1v) is 6.24. The number of ether oxygens (including phenoxy) is 1. The van der Waals surface area contributed by atoms with Crippen molar-refractivity contribution in [3.8, 4) is 5.75 Å². The third-order valence-electron chi connectivity index (χ3n) is 2.86. The van der Waals surface area contributed by atoms with Crippen molar-refractivity contribution in [1.29, 1.82) is 0 Å². The van der Waals surface area contributed by atoms with Crippen LogP contribution < -0.4 is 16.0 Å². The molecule has 0 aromatic heterocycles. The van der Waals surface area contributed by atoms with E-state index in [1.54, 1.807) is 24.3 Å². The first-order valence-electron chi connectivity index (χ1n) is 6.24. The summed E-state index contributed by atoms with van der Waals surface area (Å²) < 4.78 is 31.6. The minimum Gasteiger partial charge on any atom is -0.486 e. The molecule has 6 heteroatoms. The third-order valence-corrected chi connectivity index (χ3v) is 2.86. The van der Waals surface area contributed by atoms with Gasteiger partial charge in [-0.05, 0) is 23.3 Å². The lowest BCUT2D eigenvalue weighted by atomic mass is 10.1. The van der Waals surface area contributed by atoms with Gasteiger partial charge in [0.1, 0.15) is 6.61 Å². The Morgan fingerprint density at radius 2 is 1.76 bits per heavy atom. The Morgan fingerprint density at radius 1 is 1.10 bits per heavy atom. The normalized spacial score (nSPS) is 10.2. The summed E-state index contributed by atoms with van der Waals surface area (Å²) in [7, 11) is 0. The topological polar surface area (TPSA) is 64.3 Å². The molecule has 2 aromatic carbocycles. The molecule has 0 bridgehead atoms. The second-order valence-electron chi connectivity index (χ2n) is 4.40. The van der Waals surface area contributed by atoms with E-state index in [4.69, 9.17) is 10.6 Å². The molecule has 0 unspecified atom stereocenters. The molecule has 0 heterocycles. The monoisotopic (exact) mass is 292 g/mol. The fourth-order valence-corrected chi connectivity index (χ4v) is 1.75. The molecule has 0 atom stereocenters. The Bertz CT molecular complexity index is 630. The second-order valence-corrected chi connectivity index (χ2v) is 4.40. The van der Waals surface area contributed by atoms with Gasteiger partial charge in [0, 0.05) is 0 Å². The number of carbonyl (C=O) groups excluding carboxylic acids is 1. The van der Waals surface area contributed by atoms with Crippen molar-refractivity contribution < 1.29 is 18.3 Å². The number of carbonyl (C=O) groups is 1. The van der Waals surface area contributed by atoms with Crippen LogP contribution in [-0.4, -0.2) is 5.91 Å². The summed E-state index contributed by atoms with van der Waals surface area (Å²) in [6.07, 6.45) is 0.177. The quantitative estimate of drug-likeness (QED) is 0.504. The smallest absolute Gasteiger partial charge is 0.238 e. The Balaban J connectivity index is 1.97. The molecule has 2 rings (SSSR count). The molecule has 1 amide bonds. The lowest BCUT2D eigenvalue weighted by Crippen LogP contribution is -2.31. The minimum absolute atomic E-state index is 0.101. The predicted octanol–water partition coefficient (Wildman–Crippen LogP) is 2.08. The highest BCUT2D eigenvalue weighted by Crippen LogP contribution is 2.20. The van der Waals surface area contributed by atoms with E-state index < -0.39 is 11.6 Å². The van der Waals surface area contributed by atoms with Crippen LogP contribution in [0.25, 0.3) is 0 Å². The van der Waals surface area contributed by atoms with Crippen LogP contribution in [0.3, 0.4) is 0 Å². The first kappa shape index (κ1) is 14.9. The van der Waals surface area contributed by atoms with Gasteiger partial charge in [0.25, 0.3) is 0 Å². The van der Waals surface area contributed by atoms with Crippen molar-refractivity contribution >= 4 is 5.91 Å². The lowest BCUT2D eigenvalue weighted by Gasteiger charge is -2.08. The molecule has 21 heavy (non-hydrogen) atoms. The van der Waals surface area contributed by atoms with Gasteiger partial charge in [0.05, 0.1) is 6.42 Å². The molecule has 0 spiro atoms. The summed E-state index contributed by atoms with van der Waals surface area (Å²) in [5.41, 5.74) is 3.61. The van der Waals surface area contributed by atoms with Crippen molar-refractivity contribution in [2.75, 3.05) is 0 Å². The molecule has 3 N–H and O–H groups in total. The van der Waals surface area contributed by atoms with E-state index in [0.29, 0.717) is 0 Å². The number of benzene rings is 2. The summed E-state index contributed by atoms with van der Waals surface area (Å²) in [5.74, 6) is 2.62. The number of hydrazine groups is 1. The standard InChI is InChI=1S/C15H14F2N2O2/c16-12-2-1-3-13(15(12)17)21-9-11-6-4-10(5-7-11)8-14(20)19-18/h1-7H,8-9,18H2,(H,19,20). The molecular formula is C15H14F2N2O2. The van der Waals surface area contributed by atoms with Gasteiger partial charge in [-0.2, -0.15) is 4.39 Å². The predicted molar refractivity (Wildman–Crippen MR) is 73.2 cm³/mol. The maximum Gasteiger partial charge on any atom is 0.238 e. The number of nitrogens with two attached hydrogens (primary N) is 1. The highest BCUT2D eigenvalue weighted by molar-refractivity contribution is 5.77. The van der Waals surface area contributed by atoms with Crippen molar-refractivity contribution in [3.05, 3.63) is 65.2 Å². The minimum atomic E-state index is -1.01. The van der Waals surface area contributed by atoms with Gasteiger partial charge >= 0.3 is 0 Å². The van der Waals surface area contributed by atoms with E-state index in [-0.39, 0.29) is 24.7 Å². The van der Waals surface area contributed by atoms with Gasteiger partial charge in [-0.3, -0.25) is 10.2 Å². The van der Waals surface area contributed by atoms with Crippen LogP contribution in [0, 0.1) is 11.6 Å². The van der Waals surface area contributed by atoms with Gasteiger partial charge in [-0.15, -0.1) is 0 Å². The maximum absolute atomic E-state index is 13.4. The molecule has 2 aromatic rings. The van der Waals surface area contributed by atoms with Crippen LogP contribution in [0.5, 0.6) is 5.75 Å². The van der Waals surface area contributed by atoms with Gasteiger partial charge < -0.3 is 4.74 Å². The third kappa shape index (κ3) is 4.00. The average molecular weight is 292 g/mol. The van der Waals surface area contributed by atoms with E-state index >= 15 is 0 Å². The summed E-state index contributed by atoms with van der Waals surface area (Å²) in [5, 5.41) is 0. The van der Waals surface area contributed by atoms with Crippen LogP contribution in [0.1, 0.15) is 11.1 Å². The van der Waals surface area contributed by atoms with E-state index in [2.05, 4.69) is 0 Å². The van der Waals surface area contributed by atoms with Crippen molar-refractivity contribution in [2.45, 2.75) is 13.0 Å². The molecule has 0 aliphatic carbocycles. The second kappa shape index (κ2) is 6.81. The summed E-state index contributed by atoms with van der Waals surface area (Å²) in [6.45, 7) is 0.101. The Morgan fingerprint density at radius 3 is 2.43 bits per heavy atom. The molecule has 0 fully saturated rings. The van der Waals surface area contributed by atoms with E-state index in [0.717, 1.165) is 17.2 Å². The van der Waals surface area contributed by atoms with Crippen LogP contribution in [0.15, 0.2) is 42.5 Å². The number of rotatable bonds is 5. The Labute approximate surface area is 120 Å². The van der Waals surface area contributed by atoms with Crippen molar-refractivity contribution in [3.63, 3.8) is 0 Å². The largest absolute Gasteiger partial charge is 0.486 e. The van der Waals surface area contributed by atoms with Crippen molar-refractivity contribution in [1.82, 2.24) is 5.43 Å². The fraction of sp³-hybridized carbons (Fsp3) is 0.133. The van der Waals surface area contributed by atoms with Gasteiger partial charge in [0.15, 0.2) is 11.6 Å². The van der Waals surface area contributed by atoms with Crippen LogP contribution in [0.4, 0.5) is 8.78 Å². The highest BCUT2D eigenvalue weighted by atomic mass is 19.2. The lowest BCUT2D eigenvalue weighted by molar-refractivity contribution is -0.120. The molecule has 0 radical (unpaired) electrons. The van der Waals surface area contributed by atoms with Gasteiger partial charge in [0.2, 0.25) is 11.7 Å². The molecule has 4 nitrogen and oxygen atoms in total. The molecule has 110 valence electrons. The number of amides is 1. The zero-order valence-electron chi connectivity index (χ0n) is 11.1. The van der Waals surface area contributed by atoms with Crippen LogP contribution >= 0.6 is 0 Å². The molecule has 0 saturated carbocycles. The Kier molecular flexibility index (Phi) is 4.84. The molecule has 0 aliphatic heterocycles. The van der Waals surface area contributed by atoms with E-state index in [1.165, 1.54) is 12.1 Å². The molecule has 0 aliphatic rings. The summed E-state index contributed by atoms with van der Waals surface area (Å²) in [6, 6.07) is 10.7. The van der Waals surface area contributed by atoms with E-state index in [9.17, 15) is 13.6 Å². The molecular weight excluding hydrogens is 278 g/mol. The van der Waals surface area contributed by atoms with Gasteiger partial charge in [-0.25, -0.2) is 10.2 Å². The number of hydrogen-bond donors (Lipinski definition) is 2. The number of hydrogen-bond acceptors (Lipinski definition) is 3. The van der Waals surface area contributed by atoms with Crippen LogP contribution in [-0.2, 0) is 17.8 Å². The average Bonchev–Trinajstić information content (AvgIpc) is 2.50. The van der Waals surface area contributed by atoms with Crippen LogP contribution in [0.2, 0.25) is 0 Å². The number of nitrogens with one attached hydrogen (secondary N) is 1. The zero-order valence-corrected chi connectivity index (χ0v) is 11.1. The SMILES string of the molecule is NNC(=O)Cc1ccc(COc2cccc(F)c2F)cc1. The van der Waals surface area contributed by atoms with Gasteiger partial charge in [-0.1, -0.05) is 30.3 Å². The number of halogens is 2. The highest BCUT2D eigenvalue weighted by Gasteiger charge is 2.08.